The monoisotopic (exact) mass is 226 g/mol. The molecular weight excluding hydrogens is 208 g/mol. The zero-order valence-electron chi connectivity index (χ0n) is 9.86. The maximum atomic E-state index is 9.13. The number of nitrogens with zero attached hydrogens (tertiary/aromatic N) is 1. The van der Waals surface area contributed by atoms with Gasteiger partial charge >= 0.3 is 0 Å². The Morgan fingerprint density at radius 1 is 1.44 bits per heavy atom. The molecule has 90 valence electrons. The first-order chi connectivity index (χ1) is 7.52. The summed E-state index contributed by atoms with van der Waals surface area (Å²) in [6, 6.07) is 1.76. The van der Waals surface area contributed by atoms with Crippen molar-refractivity contribution < 1.29 is 14.6 Å². The van der Waals surface area contributed by atoms with Crippen LogP contribution in [0.5, 0.6) is 11.6 Å². The maximum Gasteiger partial charge on any atom is 0.213 e. The standard InChI is InChI=1S/C11H18N2O3/c1-11(12,7-14)5-8-4-10(16-3)13-6-9(8)15-2/h4,6,14H,5,7,12H2,1-3H3. The molecule has 0 saturated carbocycles. The van der Waals surface area contributed by atoms with Crippen LogP contribution in [0.25, 0.3) is 0 Å². The Morgan fingerprint density at radius 3 is 2.62 bits per heavy atom. The van der Waals surface area contributed by atoms with Crippen molar-refractivity contribution in [2.24, 2.45) is 5.73 Å². The zero-order chi connectivity index (χ0) is 12.2. The summed E-state index contributed by atoms with van der Waals surface area (Å²) in [5.74, 6) is 1.15. The average Bonchev–Trinajstić information content (AvgIpc) is 2.28. The lowest BCUT2D eigenvalue weighted by atomic mass is 9.95. The predicted octanol–water partition coefficient (Wildman–Crippen LogP) is 0.351. The third-order valence-corrected chi connectivity index (χ3v) is 2.31. The smallest absolute Gasteiger partial charge is 0.213 e. The lowest BCUT2D eigenvalue weighted by Crippen LogP contribution is -2.42. The summed E-state index contributed by atoms with van der Waals surface area (Å²) in [5.41, 5.74) is 6.08. The van der Waals surface area contributed by atoms with Gasteiger partial charge in [-0.3, -0.25) is 0 Å². The minimum Gasteiger partial charge on any atom is -0.495 e. The lowest BCUT2D eigenvalue weighted by molar-refractivity contribution is 0.207. The van der Waals surface area contributed by atoms with Gasteiger partial charge in [0, 0.05) is 17.2 Å². The quantitative estimate of drug-likeness (QED) is 0.757. The van der Waals surface area contributed by atoms with Crippen molar-refractivity contribution in [2.75, 3.05) is 20.8 Å². The van der Waals surface area contributed by atoms with E-state index in [4.69, 9.17) is 20.3 Å². The van der Waals surface area contributed by atoms with Crippen molar-refractivity contribution in [1.29, 1.82) is 0 Å². The molecule has 0 aromatic carbocycles. The Bertz CT molecular complexity index is 353. The second-order valence-electron chi connectivity index (χ2n) is 4.03. The van der Waals surface area contributed by atoms with Gasteiger partial charge in [-0.05, 0) is 13.3 Å². The van der Waals surface area contributed by atoms with Crippen molar-refractivity contribution in [2.45, 2.75) is 18.9 Å². The summed E-state index contributed by atoms with van der Waals surface area (Å²) in [7, 11) is 3.12. The Morgan fingerprint density at radius 2 is 2.12 bits per heavy atom. The molecule has 1 atom stereocenters. The Labute approximate surface area is 95.2 Å². The molecule has 0 aliphatic rings. The zero-order valence-corrected chi connectivity index (χ0v) is 9.86. The first-order valence-electron chi connectivity index (χ1n) is 4.99. The average molecular weight is 226 g/mol. The normalized spacial score (nSPS) is 14.3. The van der Waals surface area contributed by atoms with Crippen LogP contribution in [0.15, 0.2) is 12.3 Å². The number of nitrogens with two attached hydrogens (primary N) is 1. The molecule has 0 bridgehead atoms. The fourth-order valence-corrected chi connectivity index (χ4v) is 1.39. The van der Waals surface area contributed by atoms with Gasteiger partial charge in [0.2, 0.25) is 5.88 Å². The van der Waals surface area contributed by atoms with Crippen molar-refractivity contribution in [3.05, 3.63) is 17.8 Å². The van der Waals surface area contributed by atoms with Gasteiger partial charge in [0.05, 0.1) is 27.0 Å². The summed E-state index contributed by atoms with van der Waals surface area (Å²) in [6.07, 6.45) is 2.08. The van der Waals surface area contributed by atoms with E-state index in [-0.39, 0.29) is 6.61 Å². The molecule has 1 rings (SSSR count). The van der Waals surface area contributed by atoms with Crippen molar-refractivity contribution in [1.82, 2.24) is 4.98 Å². The van der Waals surface area contributed by atoms with Gasteiger partial charge in [0.25, 0.3) is 0 Å². The highest BCUT2D eigenvalue weighted by atomic mass is 16.5. The van der Waals surface area contributed by atoms with E-state index in [1.165, 1.54) is 0 Å². The summed E-state index contributed by atoms with van der Waals surface area (Å²) < 4.78 is 10.2. The second kappa shape index (κ2) is 5.14. The minimum absolute atomic E-state index is 0.0964. The number of pyridine rings is 1. The third-order valence-electron chi connectivity index (χ3n) is 2.31. The van der Waals surface area contributed by atoms with Crippen LogP contribution >= 0.6 is 0 Å². The molecule has 0 aliphatic heterocycles. The number of hydrogen-bond acceptors (Lipinski definition) is 5. The molecule has 1 heterocycles. The van der Waals surface area contributed by atoms with Gasteiger partial charge in [-0.2, -0.15) is 0 Å². The molecular formula is C11H18N2O3. The second-order valence-corrected chi connectivity index (χ2v) is 4.03. The van der Waals surface area contributed by atoms with E-state index in [1.54, 1.807) is 33.4 Å². The number of aliphatic hydroxyl groups is 1. The number of methoxy groups -OCH3 is 2. The van der Waals surface area contributed by atoms with E-state index in [0.717, 1.165) is 5.56 Å². The topological polar surface area (TPSA) is 77.6 Å². The molecule has 0 aliphatic carbocycles. The summed E-state index contributed by atoms with van der Waals surface area (Å²) in [5, 5.41) is 9.13. The predicted molar refractivity (Wildman–Crippen MR) is 60.7 cm³/mol. The first kappa shape index (κ1) is 12.7. The lowest BCUT2D eigenvalue weighted by Gasteiger charge is -2.22. The van der Waals surface area contributed by atoms with Crippen LogP contribution in [0.3, 0.4) is 0 Å². The number of hydrogen-bond donors (Lipinski definition) is 2. The summed E-state index contributed by atoms with van der Waals surface area (Å²) >= 11 is 0. The van der Waals surface area contributed by atoms with Gasteiger partial charge in [0.15, 0.2) is 0 Å². The molecule has 16 heavy (non-hydrogen) atoms. The molecule has 0 fully saturated rings. The van der Waals surface area contributed by atoms with Gasteiger partial charge < -0.3 is 20.3 Å². The van der Waals surface area contributed by atoms with E-state index in [0.29, 0.717) is 18.1 Å². The molecule has 1 aromatic heterocycles. The van der Waals surface area contributed by atoms with E-state index in [9.17, 15) is 0 Å². The largest absolute Gasteiger partial charge is 0.495 e. The van der Waals surface area contributed by atoms with Crippen LogP contribution in [0.2, 0.25) is 0 Å². The third kappa shape index (κ3) is 3.08. The Hall–Kier alpha value is -1.33. The Balaban J connectivity index is 3.00. The molecule has 0 radical (unpaired) electrons. The number of aliphatic hydroxyl groups excluding tert-OH is 1. The number of aromatic nitrogens is 1. The van der Waals surface area contributed by atoms with Crippen LogP contribution in [-0.4, -0.2) is 36.5 Å². The van der Waals surface area contributed by atoms with Gasteiger partial charge in [0.1, 0.15) is 5.75 Å². The highest BCUT2D eigenvalue weighted by Crippen LogP contribution is 2.24. The molecule has 0 saturated heterocycles. The highest BCUT2D eigenvalue weighted by molar-refractivity contribution is 5.36. The SMILES string of the molecule is COc1cc(CC(C)(N)CO)c(OC)cn1. The molecule has 5 nitrogen and oxygen atoms in total. The first-order valence-corrected chi connectivity index (χ1v) is 4.99. The molecule has 1 unspecified atom stereocenters. The molecule has 5 heteroatoms. The van der Waals surface area contributed by atoms with E-state index < -0.39 is 5.54 Å². The fraction of sp³-hybridized carbons (Fsp3) is 0.545. The van der Waals surface area contributed by atoms with Crippen LogP contribution in [0.4, 0.5) is 0 Å². The maximum absolute atomic E-state index is 9.13. The number of ether oxygens (including phenoxy) is 2. The molecule has 0 spiro atoms. The van der Waals surface area contributed by atoms with Crippen LogP contribution in [0.1, 0.15) is 12.5 Å². The molecule has 1 aromatic rings. The summed E-state index contributed by atoms with van der Waals surface area (Å²) in [6.45, 7) is 1.68. The highest BCUT2D eigenvalue weighted by Gasteiger charge is 2.20. The molecule has 3 N–H and O–H groups in total. The van der Waals surface area contributed by atoms with Gasteiger partial charge in [-0.25, -0.2) is 4.98 Å². The van der Waals surface area contributed by atoms with E-state index in [1.807, 2.05) is 0 Å². The van der Waals surface area contributed by atoms with Crippen molar-refractivity contribution in [3.8, 4) is 11.6 Å². The van der Waals surface area contributed by atoms with Crippen LogP contribution in [0, 0.1) is 0 Å². The number of rotatable bonds is 5. The van der Waals surface area contributed by atoms with Crippen LogP contribution in [-0.2, 0) is 6.42 Å². The van der Waals surface area contributed by atoms with E-state index in [2.05, 4.69) is 4.98 Å². The van der Waals surface area contributed by atoms with Crippen LogP contribution < -0.4 is 15.2 Å². The summed E-state index contributed by atoms with van der Waals surface area (Å²) in [4.78, 5) is 4.03. The van der Waals surface area contributed by atoms with Crippen molar-refractivity contribution >= 4 is 0 Å². The van der Waals surface area contributed by atoms with Gasteiger partial charge in [-0.1, -0.05) is 0 Å². The fourth-order valence-electron chi connectivity index (χ4n) is 1.39. The van der Waals surface area contributed by atoms with E-state index >= 15 is 0 Å². The minimum atomic E-state index is -0.681. The van der Waals surface area contributed by atoms with Gasteiger partial charge in [-0.15, -0.1) is 0 Å². The Kier molecular flexibility index (Phi) is 4.09. The van der Waals surface area contributed by atoms with Crippen molar-refractivity contribution in [3.63, 3.8) is 0 Å². The molecule has 0 amide bonds.